The third-order valence-corrected chi connectivity index (χ3v) is 2.88. The molecule has 4 heteroatoms. The molecule has 0 N–H and O–H groups in total. The number of aromatic nitrogens is 2. The molecule has 4 nitrogen and oxygen atoms in total. The van der Waals surface area contributed by atoms with Gasteiger partial charge in [0.05, 0.1) is 18.6 Å². The van der Waals surface area contributed by atoms with Crippen molar-refractivity contribution in [3.63, 3.8) is 0 Å². The van der Waals surface area contributed by atoms with Crippen LogP contribution in [0.3, 0.4) is 0 Å². The summed E-state index contributed by atoms with van der Waals surface area (Å²) in [5.41, 5.74) is 1.43. The van der Waals surface area contributed by atoms with Gasteiger partial charge in [-0.05, 0) is 6.42 Å². The van der Waals surface area contributed by atoms with Crippen molar-refractivity contribution in [3.8, 4) is 0 Å². The molecule has 0 aromatic carbocycles. The Hall–Kier alpha value is -1.16. The quantitative estimate of drug-likeness (QED) is 0.547. The lowest BCUT2D eigenvalue weighted by Gasteiger charge is -2.18. The first-order chi connectivity index (χ1) is 6.23. The van der Waals surface area contributed by atoms with Crippen molar-refractivity contribution in [1.82, 2.24) is 9.55 Å². The molecule has 3 rings (SSSR count). The van der Waals surface area contributed by atoms with E-state index in [2.05, 4.69) is 4.98 Å². The van der Waals surface area contributed by atoms with E-state index < -0.39 is 0 Å². The maximum absolute atomic E-state index is 11.5. The summed E-state index contributed by atoms with van der Waals surface area (Å²) in [6, 6.07) is 0. The van der Waals surface area contributed by atoms with Crippen molar-refractivity contribution in [1.29, 1.82) is 0 Å². The lowest BCUT2D eigenvalue weighted by molar-refractivity contribution is 0.0939. The first-order valence-corrected chi connectivity index (χ1v) is 4.42. The molecular weight excluding hydrogens is 168 g/mol. The molecule has 2 aliphatic rings. The topological polar surface area (TPSA) is 47.4 Å². The van der Waals surface area contributed by atoms with Crippen molar-refractivity contribution in [3.05, 3.63) is 17.7 Å². The largest absolute Gasteiger partial charge is 0.363 e. The summed E-state index contributed by atoms with van der Waals surface area (Å²) >= 11 is 0. The van der Waals surface area contributed by atoms with Gasteiger partial charge in [0.25, 0.3) is 0 Å². The Bertz CT molecular complexity index is 390. The molecule has 1 unspecified atom stereocenters. The predicted octanol–water partition coefficient (Wildman–Crippen LogP) is 0.622. The Balaban J connectivity index is 2.24. The summed E-state index contributed by atoms with van der Waals surface area (Å²) in [6.07, 6.45) is 3.08. The molecule has 1 aromatic heterocycles. The second kappa shape index (κ2) is 2.01. The van der Waals surface area contributed by atoms with Crippen LogP contribution in [-0.2, 0) is 17.4 Å². The number of epoxide rings is 1. The minimum absolute atomic E-state index is 0.150. The zero-order valence-corrected chi connectivity index (χ0v) is 7.41. The third-order valence-electron chi connectivity index (χ3n) is 2.88. The fourth-order valence-corrected chi connectivity index (χ4v) is 2.09. The summed E-state index contributed by atoms with van der Waals surface area (Å²) in [6.45, 7) is 0.743. The van der Waals surface area contributed by atoms with Gasteiger partial charge in [0.15, 0.2) is 5.78 Å². The highest BCUT2D eigenvalue weighted by Gasteiger charge is 2.53. The van der Waals surface area contributed by atoms with Gasteiger partial charge in [0, 0.05) is 13.5 Å². The molecule has 0 bridgehead atoms. The molecule has 1 aliphatic heterocycles. The van der Waals surface area contributed by atoms with Crippen molar-refractivity contribution in [2.45, 2.75) is 18.4 Å². The van der Waals surface area contributed by atoms with Crippen LogP contribution < -0.4 is 0 Å². The van der Waals surface area contributed by atoms with Crippen molar-refractivity contribution < 1.29 is 9.53 Å². The summed E-state index contributed by atoms with van der Waals surface area (Å²) < 4.78 is 7.34. The molecule has 2 heterocycles. The van der Waals surface area contributed by atoms with Crippen LogP contribution >= 0.6 is 0 Å². The second-order valence-electron chi connectivity index (χ2n) is 3.76. The summed E-state index contributed by atoms with van der Waals surface area (Å²) in [4.78, 5) is 15.6. The molecule has 1 fully saturated rings. The number of aryl methyl sites for hydroxylation is 1. The van der Waals surface area contributed by atoms with Gasteiger partial charge in [-0.3, -0.25) is 4.79 Å². The van der Waals surface area contributed by atoms with Gasteiger partial charge in [-0.15, -0.1) is 0 Å². The van der Waals surface area contributed by atoms with Gasteiger partial charge in [0.2, 0.25) is 0 Å². The molecule has 0 amide bonds. The molecule has 13 heavy (non-hydrogen) atoms. The number of hydrogen-bond acceptors (Lipinski definition) is 3. The van der Waals surface area contributed by atoms with Crippen LogP contribution in [0.15, 0.2) is 6.33 Å². The molecule has 0 saturated carbocycles. The fraction of sp³-hybridized carbons (Fsp3) is 0.556. The monoisotopic (exact) mass is 178 g/mol. The van der Waals surface area contributed by atoms with Crippen LogP contribution in [0.2, 0.25) is 0 Å². The zero-order valence-electron chi connectivity index (χ0n) is 7.41. The van der Waals surface area contributed by atoms with Gasteiger partial charge in [-0.2, -0.15) is 0 Å². The van der Waals surface area contributed by atoms with Crippen LogP contribution in [-0.4, -0.2) is 21.9 Å². The number of Topliss-reactive ketones (excluding diaryl/α,β-unsaturated/α-hetero) is 1. The van der Waals surface area contributed by atoms with Crippen LogP contribution in [0.4, 0.5) is 0 Å². The van der Waals surface area contributed by atoms with Gasteiger partial charge in [-0.25, -0.2) is 4.98 Å². The fourth-order valence-electron chi connectivity index (χ4n) is 2.09. The number of carbonyl (C=O) groups is 1. The Morgan fingerprint density at radius 1 is 1.69 bits per heavy atom. The lowest BCUT2D eigenvalue weighted by atomic mass is 9.89. The predicted molar refractivity (Wildman–Crippen MR) is 44.4 cm³/mol. The second-order valence-corrected chi connectivity index (χ2v) is 3.76. The van der Waals surface area contributed by atoms with Gasteiger partial charge < -0.3 is 9.30 Å². The molecule has 1 aromatic rings. The Labute approximate surface area is 75.5 Å². The van der Waals surface area contributed by atoms with Crippen LogP contribution in [0.5, 0.6) is 0 Å². The van der Waals surface area contributed by atoms with E-state index in [1.54, 1.807) is 6.33 Å². The summed E-state index contributed by atoms with van der Waals surface area (Å²) in [7, 11) is 1.91. The van der Waals surface area contributed by atoms with E-state index in [4.69, 9.17) is 4.74 Å². The van der Waals surface area contributed by atoms with Gasteiger partial charge >= 0.3 is 0 Å². The van der Waals surface area contributed by atoms with Crippen molar-refractivity contribution in [2.75, 3.05) is 6.61 Å². The van der Waals surface area contributed by atoms with E-state index in [1.807, 2.05) is 11.6 Å². The maximum atomic E-state index is 11.5. The maximum Gasteiger partial charge on any atom is 0.183 e. The number of carbonyl (C=O) groups excluding carboxylic acids is 1. The van der Waals surface area contributed by atoms with Crippen molar-refractivity contribution >= 4 is 5.78 Å². The zero-order chi connectivity index (χ0) is 9.05. The highest BCUT2D eigenvalue weighted by Crippen LogP contribution is 2.47. The van der Waals surface area contributed by atoms with E-state index in [0.717, 1.165) is 18.7 Å². The highest BCUT2D eigenvalue weighted by atomic mass is 16.6. The summed E-state index contributed by atoms with van der Waals surface area (Å²) in [5, 5.41) is 0. The van der Waals surface area contributed by atoms with Crippen LogP contribution in [0, 0.1) is 0 Å². The average Bonchev–Trinajstić information content (AvgIpc) is 2.78. The minimum atomic E-state index is -0.158. The van der Waals surface area contributed by atoms with E-state index in [0.29, 0.717) is 12.1 Å². The first kappa shape index (κ1) is 7.26. The van der Waals surface area contributed by atoms with E-state index >= 15 is 0 Å². The lowest BCUT2D eigenvalue weighted by Crippen LogP contribution is -2.24. The van der Waals surface area contributed by atoms with E-state index in [1.165, 1.54) is 0 Å². The number of ether oxygens (including phenoxy) is 1. The van der Waals surface area contributed by atoms with E-state index in [-0.39, 0.29) is 11.4 Å². The van der Waals surface area contributed by atoms with Crippen LogP contribution in [0.25, 0.3) is 0 Å². The number of ketones is 1. The van der Waals surface area contributed by atoms with Gasteiger partial charge in [0.1, 0.15) is 11.3 Å². The molecule has 0 radical (unpaired) electrons. The highest BCUT2D eigenvalue weighted by molar-refractivity contribution is 5.97. The number of fused-ring (bicyclic) bond motifs is 2. The number of hydrogen-bond donors (Lipinski definition) is 0. The van der Waals surface area contributed by atoms with Gasteiger partial charge in [-0.1, -0.05) is 0 Å². The third kappa shape index (κ3) is 0.785. The standard InChI is InChI=1S/C9H10N2O2/c1-11-5-10-7-6(12)2-3-9(4-13-9)8(7)11/h5H,2-4H2,1H3. The molecule has 1 aliphatic carbocycles. The average molecular weight is 178 g/mol. The Morgan fingerprint density at radius 3 is 3.15 bits per heavy atom. The first-order valence-electron chi connectivity index (χ1n) is 4.42. The molecule has 68 valence electrons. The normalized spacial score (nSPS) is 30.7. The smallest absolute Gasteiger partial charge is 0.183 e. The number of imidazole rings is 1. The summed E-state index contributed by atoms with van der Waals surface area (Å²) in [5.74, 6) is 0.150. The molecule has 1 spiro atoms. The Kier molecular flexibility index (Phi) is 1.12. The van der Waals surface area contributed by atoms with E-state index in [9.17, 15) is 4.79 Å². The Morgan fingerprint density at radius 2 is 2.46 bits per heavy atom. The molecule has 1 atom stereocenters. The SMILES string of the molecule is Cn1cnc2c1C1(CCC2=O)CO1. The van der Waals surface area contributed by atoms with Crippen molar-refractivity contribution in [2.24, 2.45) is 7.05 Å². The molecule has 1 saturated heterocycles. The minimum Gasteiger partial charge on any atom is -0.363 e. The number of nitrogens with zero attached hydrogens (tertiary/aromatic N) is 2. The van der Waals surface area contributed by atoms with Crippen LogP contribution in [0.1, 0.15) is 29.0 Å². The number of rotatable bonds is 0. The molecular formula is C9H10N2O2.